The number of nitriles is 1. The summed E-state index contributed by atoms with van der Waals surface area (Å²) in [5.41, 5.74) is 2.62. The highest BCUT2D eigenvalue weighted by Crippen LogP contribution is 2.09. The van der Waals surface area contributed by atoms with Gasteiger partial charge in [-0.25, -0.2) is 4.98 Å². The van der Waals surface area contributed by atoms with E-state index in [2.05, 4.69) is 16.0 Å². The zero-order valence-electron chi connectivity index (χ0n) is 10.1. The highest BCUT2D eigenvalue weighted by Gasteiger charge is 2.08. The second-order valence-corrected chi connectivity index (χ2v) is 4.02. The van der Waals surface area contributed by atoms with E-state index in [9.17, 15) is 4.79 Å². The van der Waals surface area contributed by atoms with E-state index in [4.69, 9.17) is 5.26 Å². The van der Waals surface area contributed by atoms with Gasteiger partial charge in [0.1, 0.15) is 0 Å². The average molecular weight is 239 g/mol. The smallest absolute Gasteiger partial charge is 0.197 e. The molecule has 0 saturated heterocycles. The van der Waals surface area contributed by atoms with Crippen LogP contribution in [0, 0.1) is 11.3 Å². The molecule has 4 heteroatoms. The minimum absolute atomic E-state index is 0.0149. The number of carbonyl (C=O) groups is 1. The van der Waals surface area contributed by atoms with Crippen molar-refractivity contribution < 1.29 is 4.79 Å². The lowest BCUT2D eigenvalue weighted by Crippen LogP contribution is -1.99. The van der Waals surface area contributed by atoms with E-state index in [1.54, 1.807) is 18.3 Å². The number of benzene rings is 1. The van der Waals surface area contributed by atoms with Crippen LogP contribution in [-0.4, -0.2) is 15.8 Å². The van der Waals surface area contributed by atoms with Crippen molar-refractivity contribution >= 4 is 5.78 Å². The van der Waals surface area contributed by atoms with E-state index in [-0.39, 0.29) is 5.78 Å². The first-order chi connectivity index (χ1) is 8.72. The molecule has 4 nitrogen and oxygen atoms in total. The molecule has 1 aromatic heterocycles. The van der Waals surface area contributed by atoms with Crippen molar-refractivity contribution in [2.24, 2.45) is 0 Å². The van der Waals surface area contributed by atoms with Gasteiger partial charge >= 0.3 is 0 Å². The molecule has 0 bridgehead atoms. The Morgan fingerprint density at radius 3 is 2.72 bits per heavy atom. The topological polar surface area (TPSA) is 69.5 Å². The quantitative estimate of drug-likeness (QED) is 0.833. The summed E-state index contributed by atoms with van der Waals surface area (Å²) >= 11 is 0. The molecule has 0 atom stereocenters. The molecular formula is C14H13N3O. The third kappa shape index (κ3) is 2.64. The van der Waals surface area contributed by atoms with E-state index >= 15 is 0 Å². The Morgan fingerprint density at radius 2 is 2.11 bits per heavy atom. The maximum absolute atomic E-state index is 11.4. The summed E-state index contributed by atoms with van der Waals surface area (Å²) in [6, 6.07) is 9.45. The number of hydrogen-bond acceptors (Lipinski definition) is 3. The van der Waals surface area contributed by atoms with Crippen LogP contribution in [0.5, 0.6) is 0 Å². The largest absolute Gasteiger partial charge is 0.339 e. The fourth-order valence-corrected chi connectivity index (χ4v) is 1.68. The fraction of sp³-hybridized carbons (Fsp3) is 0.214. The maximum atomic E-state index is 11.4. The number of nitrogens with zero attached hydrogens (tertiary/aromatic N) is 2. The average Bonchev–Trinajstić information content (AvgIpc) is 2.87. The molecule has 0 aliphatic carbocycles. The van der Waals surface area contributed by atoms with Crippen molar-refractivity contribution in [2.45, 2.75) is 19.8 Å². The third-order valence-corrected chi connectivity index (χ3v) is 2.69. The Morgan fingerprint density at radius 1 is 1.39 bits per heavy atom. The highest BCUT2D eigenvalue weighted by molar-refractivity contribution is 5.92. The normalized spacial score (nSPS) is 10.0. The number of rotatable bonds is 4. The van der Waals surface area contributed by atoms with Crippen LogP contribution in [0.1, 0.15) is 40.8 Å². The maximum Gasteiger partial charge on any atom is 0.197 e. The Balaban J connectivity index is 2.11. The molecule has 0 saturated carbocycles. The number of nitrogens with one attached hydrogen (secondary N) is 1. The molecule has 0 radical (unpaired) electrons. The molecule has 2 rings (SSSR count). The number of carbonyl (C=O) groups excluding carboxylic acids is 1. The number of Topliss-reactive ketones (excluding diaryl/α,β-unsaturated/α-hetero) is 1. The summed E-state index contributed by atoms with van der Waals surface area (Å²) in [4.78, 5) is 18.5. The Hall–Kier alpha value is -2.41. The van der Waals surface area contributed by atoms with Gasteiger partial charge in [-0.3, -0.25) is 4.79 Å². The molecular weight excluding hydrogens is 226 g/mol. The van der Waals surface area contributed by atoms with E-state index in [1.807, 2.05) is 19.1 Å². The summed E-state index contributed by atoms with van der Waals surface area (Å²) in [6.07, 6.45) is 2.81. The molecule has 0 unspecified atom stereocenters. The molecule has 2 aromatic rings. The van der Waals surface area contributed by atoms with Crippen LogP contribution in [0.4, 0.5) is 0 Å². The van der Waals surface area contributed by atoms with Crippen LogP contribution in [0.15, 0.2) is 30.5 Å². The van der Waals surface area contributed by atoms with Gasteiger partial charge in [0.15, 0.2) is 11.6 Å². The summed E-state index contributed by atoms with van der Waals surface area (Å²) in [5, 5.41) is 8.71. The number of aromatic amines is 1. The van der Waals surface area contributed by atoms with E-state index in [0.717, 1.165) is 11.3 Å². The molecule has 90 valence electrons. The molecule has 18 heavy (non-hydrogen) atoms. The van der Waals surface area contributed by atoms with E-state index in [1.165, 1.54) is 0 Å². The van der Waals surface area contributed by atoms with Gasteiger partial charge in [-0.05, 0) is 17.7 Å². The second-order valence-electron chi connectivity index (χ2n) is 4.02. The van der Waals surface area contributed by atoms with Crippen LogP contribution in [0.3, 0.4) is 0 Å². The van der Waals surface area contributed by atoms with Gasteiger partial charge in [0, 0.05) is 24.7 Å². The molecule has 0 aliphatic heterocycles. The van der Waals surface area contributed by atoms with Crippen molar-refractivity contribution in [2.75, 3.05) is 0 Å². The Bertz CT molecular complexity index is 590. The molecule has 1 aromatic carbocycles. The van der Waals surface area contributed by atoms with Crippen molar-refractivity contribution in [1.29, 1.82) is 5.26 Å². The number of aromatic nitrogens is 2. The molecule has 0 amide bonds. The van der Waals surface area contributed by atoms with Crippen LogP contribution >= 0.6 is 0 Å². The van der Waals surface area contributed by atoms with E-state index in [0.29, 0.717) is 24.2 Å². The Labute approximate surface area is 105 Å². The summed E-state index contributed by atoms with van der Waals surface area (Å²) in [7, 11) is 0. The molecule has 1 N–H and O–H groups in total. The second kappa shape index (κ2) is 5.28. The van der Waals surface area contributed by atoms with Gasteiger partial charge in [0.05, 0.1) is 11.6 Å². The van der Waals surface area contributed by atoms with Crippen LogP contribution < -0.4 is 0 Å². The summed E-state index contributed by atoms with van der Waals surface area (Å²) in [6.45, 7) is 1.81. The third-order valence-electron chi connectivity index (χ3n) is 2.69. The first-order valence-electron chi connectivity index (χ1n) is 5.79. The number of H-pyrrole nitrogens is 1. The number of imidazole rings is 1. The van der Waals surface area contributed by atoms with Crippen LogP contribution in [0.25, 0.3) is 0 Å². The number of hydrogen-bond donors (Lipinski definition) is 1. The van der Waals surface area contributed by atoms with Crippen molar-refractivity contribution in [3.63, 3.8) is 0 Å². The lowest BCUT2D eigenvalue weighted by Gasteiger charge is -1.98. The van der Waals surface area contributed by atoms with Gasteiger partial charge in [-0.1, -0.05) is 19.1 Å². The molecule has 0 fully saturated rings. The van der Waals surface area contributed by atoms with Crippen LogP contribution in [-0.2, 0) is 6.42 Å². The van der Waals surface area contributed by atoms with Gasteiger partial charge in [0.2, 0.25) is 0 Å². The fourth-order valence-electron chi connectivity index (χ4n) is 1.68. The minimum Gasteiger partial charge on any atom is -0.339 e. The Kier molecular flexibility index (Phi) is 3.54. The molecule has 1 heterocycles. The predicted octanol–water partition coefficient (Wildman–Crippen LogP) is 2.46. The molecule has 0 aliphatic rings. The highest BCUT2D eigenvalue weighted by atomic mass is 16.1. The van der Waals surface area contributed by atoms with E-state index < -0.39 is 0 Å². The monoisotopic (exact) mass is 239 g/mol. The zero-order chi connectivity index (χ0) is 13.0. The predicted molar refractivity (Wildman–Crippen MR) is 67.2 cm³/mol. The van der Waals surface area contributed by atoms with Crippen molar-refractivity contribution in [3.8, 4) is 6.07 Å². The first-order valence-corrected chi connectivity index (χ1v) is 5.79. The summed E-state index contributed by atoms with van der Waals surface area (Å²) in [5.74, 6) is 0.433. The molecule has 0 spiro atoms. The van der Waals surface area contributed by atoms with Crippen molar-refractivity contribution in [3.05, 3.63) is 53.1 Å². The van der Waals surface area contributed by atoms with Gasteiger partial charge < -0.3 is 4.98 Å². The van der Waals surface area contributed by atoms with Crippen molar-refractivity contribution in [1.82, 2.24) is 9.97 Å². The standard InChI is InChI=1S/C14H13N3O/c1-2-13(18)14-16-9-12(17-14)7-10-3-5-11(8-15)6-4-10/h3-6,9H,2,7H2,1H3,(H,16,17). The van der Waals surface area contributed by atoms with Gasteiger partial charge in [-0.15, -0.1) is 0 Å². The zero-order valence-corrected chi connectivity index (χ0v) is 10.1. The van der Waals surface area contributed by atoms with Gasteiger partial charge in [-0.2, -0.15) is 5.26 Å². The SMILES string of the molecule is CCC(=O)c1ncc(Cc2ccc(C#N)cc2)[nH]1. The summed E-state index contributed by atoms with van der Waals surface area (Å²) < 4.78 is 0. The van der Waals surface area contributed by atoms with Crippen LogP contribution in [0.2, 0.25) is 0 Å². The lowest BCUT2D eigenvalue weighted by molar-refractivity contribution is 0.0979. The first kappa shape index (κ1) is 12.1. The van der Waals surface area contributed by atoms with Gasteiger partial charge in [0.25, 0.3) is 0 Å². The number of ketones is 1. The minimum atomic E-state index is 0.0149. The lowest BCUT2D eigenvalue weighted by atomic mass is 10.1.